The minimum atomic E-state index is -0.572. The summed E-state index contributed by atoms with van der Waals surface area (Å²) in [5.74, 6) is -0.202. The topological polar surface area (TPSA) is 140 Å². The number of hydrogen-bond acceptors (Lipinski definition) is 9. The molecule has 2 heterocycles. The first kappa shape index (κ1) is 36.2. The van der Waals surface area contributed by atoms with Gasteiger partial charge in [0, 0.05) is 20.1 Å². The van der Waals surface area contributed by atoms with Crippen molar-refractivity contribution in [3.05, 3.63) is 11.6 Å². The van der Waals surface area contributed by atoms with Gasteiger partial charge in [-0.15, -0.1) is 4.48 Å². The number of rotatable bonds is 19. The summed E-state index contributed by atoms with van der Waals surface area (Å²) in [5, 5.41) is 5.62. The molecule has 0 bridgehead atoms. The number of Topliss-reactive ketones (excluding diaryl/α,β-unsaturated/α-hetero) is 1. The number of epoxide rings is 2. The second-order valence-corrected chi connectivity index (χ2v) is 13.2. The summed E-state index contributed by atoms with van der Waals surface area (Å²) in [6.07, 6.45) is 7.09. The number of alkyl carbamates (subject to hydrolysis) is 2. The number of methoxy groups -OCH3 is 1. The normalized spacial score (nSPS) is 29.5. The molecule has 3 unspecified atom stereocenters. The molecule has 11 nitrogen and oxygen atoms in total. The summed E-state index contributed by atoms with van der Waals surface area (Å²) in [5.41, 5.74) is 1.90. The minimum Gasteiger partial charge on any atom is -0.447 e. The molecule has 0 aromatic heterocycles. The van der Waals surface area contributed by atoms with Crippen LogP contribution in [0.5, 0.6) is 0 Å². The summed E-state index contributed by atoms with van der Waals surface area (Å²) < 4.78 is 41.4. The number of amides is 2. The highest BCUT2D eigenvalue weighted by atomic mass is 19.2. The number of carbonyl (C=O) groups is 3. The maximum Gasteiger partial charge on any atom is 0.407 e. The molecular weight excluding hydrogens is 573 g/mol. The van der Waals surface area contributed by atoms with E-state index in [2.05, 4.69) is 37.5 Å². The van der Waals surface area contributed by atoms with Crippen molar-refractivity contribution < 1.29 is 42.5 Å². The average molecular weight is 628 g/mol. The lowest BCUT2D eigenvalue weighted by molar-refractivity contribution is -0.119. The fourth-order valence-electron chi connectivity index (χ4n) is 6.34. The van der Waals surface area contributed by atoms with E-state index in [-0.39, 0.29) is 48.6 Å². The minimum absolute atomic E-state index is 0.00186. The number of hydrogen-bond donors (Lipinski definition) is 3. The van der Waals surface area contributed by atoms with E-state index in [9.17, 15) is 18.9 Å². The maximum absolute atomic E-state index is 13.1. The fourth-order valence-corrected chi connectivity index (χ4v) is 6.34. The van der Waals surface area contributed by atoms with E-state index >= 15 is 0 Å². The number of halogens is 1. The molecule has 2 aliphatic heterocycles. The first-order chi connectivity index (χ1) is 21.0. The van der Waals surface area contributed by atoms with E-state index < -0.39 is 29.9 Å². The monoisotopic (exact) mass is 627 g/mol. The van der Waals surface area contributed by atoms with Crippen LogP contribution in [0.15, 0.2) is 11.6 Å². The van der Waals surface area contributed by atoms with Gasteiger partial charge in [0.15, 0.2) is 0 Å². The van der Waals surface area contributed by atoms with Crippen LogP contribution in [0.3, 0.4) is 0 Å². The molecule has 3 N–H and O–H groups in total. The van der Waals surface area contributed by atoms with Crippen LogP contribution in [-0.2, 0) is 28.5 Å². The molecule has 12 heteroatoms. The highest BCUT2D eigenvalue weighted by Crippen LogP contribution is 2.59. The molecule has 3 fully saturated rings. The third-order valence-electron chi connectivity index (χ3n) is 9.16. The number of nitrogens with one attached hydrogen (secondary N) is 3. The van der Waals surface area contributed by atoms with Gasteiger partial charge in [-0.1, -0.05) is 44.8 Å². The molecule has 1 saturated carbocycles. The predicted octanol–water partition coefficient (Wildman–Crippen LogP) is 4.92. The average Bonchev–Trinajstić information content (AvgIpc) is 3.88. The zero-order valence-corrected chi connectivity index (χ0v) is 27.4. The molecule has 7 atom stereocenters. The van der Waals surface area contributed by atoms with Gasteiger partial charge in [0.1, 0.15) is 35.8 Å². The van der Waals surface area contributed by atoms with E-state index in [0.29, 0.717) is 26.0 Å². The molecule has 1 aliphatic carbocycles. The molecule has 0 aromatic carbocycles. The second kappa shape index (κ2) is 16.9. The number of ketones is 1. The van der Waals surface area contributed by atoms with Crippen LogP contribution in [0.2, 0.25) is 0 Å². The summed E-state index contributed by atoms with van der Waals surface area (Å²) in [6.45, 7) is 11.0. The van der Waals surface area contributed by atoms with E-state index in [1.807, 2.05) is 13.8 Å². The highest BCUT2D eigenvalue weighted by molar-refractivity contribution is 5.80. The first-order valence-electron chi connectivity index (χ1n) is 16.2. The summed E-state index contributed by atoms with van der Waals surface area (Å²) in [7, 11) is 1.64. The Morgan fingerprint density at radius 1 is 1.09 bits per heavy atom. The van der Waals surface area contributed by atoms with Crippen LogP contribution >= 0.6 is 0 Å². The first-order valence-corrected chi connectivity index (χ1v) is 16.2. The van der Waals surface area contributed by atoms with Gasteiger partial charge >= 0.3 is 12.2 Å². The van der Waals surface area contributed by atoms with Gasteiger partial charge in [-0.2, -0.15) is 5.54 Å². The van der Waals surface area contributed by atoms with Crippen molar-refractivity contribution in [3.63, 3.8) is 0 Å². The molecule has 2 saturated heterocycles. The number of unbranched alkanes of at least 4 members (excludes halogenated alkanes) is 4. The van der Waals surface area contributed by atoms with Crippen LogP contribution in [-0.4, -0.2) is 86.9 Å². The molecule has 2 amide bonds. The van der Waals surface area contributed by atoms with Gasteiger partial charge in [0.25, 0.3) is 0 Å². The largest absolute Gasteiger partial charge is 0.447 e. The number of allylic oxidation sites excluding steroid dienone is 1. The van der Waals surface area contributed by atoms with Crippen LogP contribution < -0.4 is 16.2 Å². The third kappa shape index (κ3) is 10.4. The Kier molecular flexibility index (Phi) is 13.9. The van der Waals surface area contributed by atoms with Gasteiger partial charge in [0.05, 0.1) is 31.2 Å². The van der Waals surface area contributed by atoms with Crippen molar-refractivity contribution in [3.8, 4) is 0 Å². The highest BCUT2D eigenvalue weighted by Gasteiger charge is 2.72. The lowest BCUT2D eigenvalue weighted by Gasteiger charge is -2.42. The molecule has 3 aliphatic rings. The lowest BCUT2D eigenvalue weighted by atomic mass is 9.68. The van der Waals surface area contributed by atoms with E-state index in [4.69, 9.17) is 23.7 Å². The van der Waals surface area contributed by atoms with Crippen molar-refractivity contribution in [2.24, 2.45) is 11.8 Å². The van der Waals surface area contributed by atoms with E-state index in [1.165, 1.54) is 11.1 Å². The Morgan fingerprint density at radius 3 is 2.43 bits per heavy atom. The standard InChI is InChI=1S/C32H54FN3O8/c1-21(2)13-14-26-31(5,44-26)28-27(40-6)25(15-16-32(28)20-42-32)43-30(39)36-24(22(3)4)19-41-29(38)34-17-11-9-7-8-10-12-23(37)18-35-33/h13,22,24-28,35H,7-12,14-20H2,1-6H3,(H,34,38)(H,36,39)/t24-,25?,26+,27?,28?,31-,32-/m0/s1. The molecule has 3 rings (SSSR count). The lowest BCUT2D eigenvalue weighted by Crippen LogP contribution is -2.56. The van der Waals surface area contributed by atoms with Gasteiger partial charge in [0.2, 0.25) is 0 Å². The van der Waals surface area contributed by atoms with Gasteiger partial charge in [-0.3, -0.25) is 4.79 Å². The van der Waals surface area contributed by atoms with Crippen molar-refractivity contribution in [2.75, 3.05) is 33.4 Å². The van der Waals surface area contributed by atoms with Crippen LogP contribution in [0.4, 0.5) is 14.1 Å². The van der Waals surface area contributed by atoms with E-state index in [0.717, 1.165) is 44.9 Å². The summed E-state index contributed by atoms with van der Waals surface area (Å²) >= 11 is 0. The molecule has 252 valence electrons. The third-order valence-corrected chi connectivity index (χ3v) is 9.16. The van der Waals surface area contributed by atoms with Crippen LogP contribution in [0.1, 0.15) is 92.4 Å². The Morgan fingerprint density at radius 2 is 1.80 bits per heavy atom. The van der Waals surface area contributed by atoms with Gasteiger partial charge in [-0.05, 0) is 58.8 Å². The molecule has 1 spiro atoms. The Balaban J connectivity index is 1.40. The number of ether oxygens (including phenoxy) is 5. The SMILES string of the molecule is COC1C(OC(=O)N[C@@H](COC(=O)NCCCCCCCC(=O)CNF)C(C)C)CC[C@]2(CO2)C1[C@@]1(C)O[C@@H]1CC=C(C)C. The fraction of sp³-hybridized carbons (Fsp3) is 0.844. The van der Waals surface area contributed by atoms with Gasteiger partial charge < -0.3 is 34.3 Å². The zero-order chi connectivity index (χ0) is 32.3. The number of carbonyl (C=O) groups excluding carboxylic acids is 3. The zero-order valence-electron chi connectivity index (χ0n) is 27.4. The molecule has 0 aromatic rings. The molecule has 0 radical (unpaired) electrons. The summed E-state index contributed by atoms with van der Waals surface area (Å²) in [6, 6.07) is -0.431. The van der Waals surface area contributed by atoms with Crippen LogP contribution in [0.25, 0.3) is 0 Å². The van der Waals surface area contributed by atoms with Gasteiger partial charge in [-0.25, -0.2) is 9.59 Å². The predicted molar refractivity (Wildman–Crippen MR) is 163 cm³/mol. The summed E-state index contributed by atoms with van der Waals surface area (Å²) in [4.78, 5) is 36.6. The van der Waals surface area contributed by atoms with Crippen molar-refractivity contribution in [2.45, 2.75) is 128 Å². The Labute approximate surface area is 261 Å². The Hall–Kier alpha value is -2.28. The van der Waals surface area contributed by atoms with Crippen LogP contribution in [0, 0.1) is 11.8 Å². The van der Waals surface area contributed by atoms with E-state index in [1.54, 1.807) is 7.11 Å². The Bertz CT molecular complexity index is 987. The maximum atomic E-state index is 13.1. The second-order valence-electron chi connectivity index (χ2n) is 13.2. The molecular formula is C32H54FN3O8. The van der Waals surface area contributed by atoms with Crippen molar-refractivity contribution >= 4 is 18.0 Å². The smallest absolute Gasteiger partial charge is 0.407 e. The van der Waals surface area contributed by atoms with Crippen molar-refractivity contribution in [1.29, 1.82) is 0 Å². The van der Waals surface area contributed by atoms with Crippen molar-refractivity contribution in [1.82, 2.24) is 16.2 Å². The quantitative estimate of drug-likeness (QED) is 0.0788. The molecule has 44 heavy (non-hydrogen) atoms.